The minimum Gasteiger partial charge on any atom is -0.484 e. The number of likely N-dealkylation sites (tertiary alicyclic amines) is 2. The number of benzene rings is 1. The fourth-order valence-corrected chi connectivity index (χ4v) is 5.20. The molecule has 3 fully saturated rings. The van der Waals surface area contributed by atoms with Crippen molar-refractivity contribution in [3.8, 4) is 5.75 Å². The van der Waals surface area contributed by atoms with Gasteiger partial charge in [0.25, 0.3) is 5.91 Å². The quantitative estimate of drug-likeness (QED) is 0.669. The molecular weight excluding hydrogens is 432 g/mol. The van der Waals surface area contributed by atoms with E-state index in [-0.39, 0.29) is 36.4 Å². The van der Waals surface area contributed by atoms with Crippen LogP contribution >= 0.6 is 0 Å². The van der Waals surface area contributed by atoms with Gasteiger partial charge in [0.1, 0.15) is 5.75 Å². The van der Waals surface area contributed by atoms with Gasteiger partial charge in [-0.3, -0.25) is 9.59 Å². The predicted molar refractivity (Wildman–Crippen MR) is 129 cm³/mol. The fraction of sp³-hybridized carbons (Fsp3) is 0.654. The van der Waals surface area contributed by atoms with Gasteiger partial charge in [0.05, 0.1) is 0 Å². The summed E-state index contributed by atoms with van der Waals surface area (Å²) in [6, 6.07) is 9.80. The van der Waals surface area contributed by atoms with E-state index in [0.29, 0.717) is 50.8 Å². The van der Waals surface area contributed by atoms with E-state index < -0.39 is 0 Å². The molecular formula is C26H38N4O4. The van der Waals surface area contributed by atoms with E-state index in [1.807, 2.05) is 35.2 Å². The molecule has 8 heteroatoms. The number of hydrogen-bond acceptors (Lipinski definition) is 4. The molecule has 4 rings (SSSR count). The first-order chi connectivity index (χ1) is 16.6. The largest absolute Gasteiger partial charge is 0.484 e. The lowest BCUT2D eigenvalue weighted by atomic mass is 9.94. The molecule has 2 saturated heterocycles. The molecule has 0 radical (unpaired) electrons. The number of para-hydroxylation sites is 1. The second-order valence-electron chi connectivity index (χ2n) is 9.81. The lowest BCUT2D eigenvalue weighted by Crippen LogP contribution is -2.52. The van der Waals surface area contributed by atoms with Gasteiger partial charge in [-0.15, -0.1) is 0 Å². The Bertz CT molecular complexity index is 811. The van der Waals surface area contributed by atoms with E-state index in [1.54, 1.807) is 4.90 Å². The maximum absolute atomic E-state index is 12.8. The van der Waals surface area contributed by atoms with Crippen LogP contribution in [0.1, 0.15) is 57.8 Å². The summed E-state index contributed by atoms with van der Waals surface area (Å²) < 4.78 is 5.56. The zero-order valence-corrected chi connectivity index (χ0v) is 20.0. The Morgan fingerprint density at radius 3 is 2.06 bits per heavy atom. The number of amides is 4. The Kier molecular flexibility index (Phi) is 8.66. The highest BCUT2D eigenvalue weighted by atomic mass is 16.5. The van der Waals surface area contributed by atoms with Gasteiger partial charge < -0.3 is 25.2 Å². The van der Waals surface area contributed by atoms with Crippen LogP contribution in [0.25, 0.3) is 0 Å². The summed E-state index contributed by atoms with van der Waals surface area (Å²) in [7, 11) is 0. The summed E-state index contributed by atoms with van der Waals surface area (Å²) in [5.74, 6) is 0.661. The first kappa shape index (κ1) is 24.4. The number of carbonyl (C=O) groups excluding carboxylic acids is 3. The zero-order valence-electron chi connectivity index (χ0n) is 20.0. The number of urea groups is 1. The van der Waals surface area contributed by atoms with E-state index in [2.05, 4.69) is 10.6 Å². The average Bonchev–Trinajstić information content (AvgIpc) is 2.89. The van der Waals surface area contributed by atoms with E-state index >= 15 is 0 Å². The summed E-state index contributed by atoms with van der Waals surface area (Å²) >= 11 is 0. The minimum absolute atomic E-state index is 0.0216. The molecule has 0 spiro atoms. The van der Waals surface area contributed by atoms with Gasteiger partial charge in [-0.1, -0.05) is 37.5 Å². The molecule has 186 valence electrons. The van der Waals surface area contributed by atoms with Crippen LogP contribution in [0.5, 0.6) is 5.75 Å². The summed E-state index contributed by atoms with van der Waals surface area (Å²) in [4.78, 5) is 41.5. The number of ether oxygens (including phenoxy) is 1. The topological polar surface area (TPSA) is 91.0 Å². The standard InChI is InChI=1S/C26H38N4O4/c31-24(19-34-23-9-5-2-6-10-23)29-15-11-20(12-16-29)25(32)27-22-13-17-30(18-14-22)26(33)28-21-7-3-1-4-8-21/h2,5-6,9-10,20-22H,1,3-4,7-8,11-19H2,(H,27,32)(H,28,33). The molecule has 0 atom stereocenters. The number of rotatable bonds is 6. The van der Waals surface area contributed by atoms with Crippen molar-refractivity contribution in [1.29, 1.82) is 0 Å². The Morgan fingerprint density at radius 2 is 1.38 bits per heavy atom. The molecule has 2 heterocycles. The molecule has 2 aliphatic heterocycles. The van der Waals surface area contributed by atoms with Crippen LogP contribution in [0.3, 0.4) is 0 Å². The van der Waals surface area contributed by atoms with Gasteiger partial charge in [-0.25, -0.2) is 4.79 Å². The summed E-state index contributed by atoms with van der Waals surface area (Å²) in [6.07, 6.45) is 8.77. The third-order valence-electron chi connectivity index (χ3n) is 7.39. The van der Waals surface area contributed by atoms with Crippen LogP contribution in [-0.2, 0) is 9.59 Å². The van der Waals surface area contributed by atoms with Crippen molar-refractivity contribution in [2.75, 3.05) is 32.8 Å². The van der Waals surface area contributed by atoms with Gasteiger partial charge in [0.2, 0.25) is 5.91 Å². The molecule has 1 saturated carbocycles. The lowest BCUT2D eigenvalue weighted by molar-refractivity contribution is -0.137. The number of piperidine rings is 2. The fourth-order valence-electron chi connectivity index (χ4n) is 5.20. The third kappa shape index (κ3) is 6.87. The molecule has 34 heavy (non-hydrogen) atoms. The third-order valence-corrected chi connectivity index (χ3v) is 7.39. The van der Waals surface area contributed by atoms with E-state index in [9.17, 15) is 14.4 Å². The van der Waals surface area contributed by atoms with Gasteiger partial charge >= 0.3 is 6.03 Å². The summed E-state index contributed by atoms with van der Waals surface area (Å²) in [5, 5.41) is 6.38. The van der Waals surface area contributed by atoms with E-state index in [4.69, 9.17) is 4.74 Å². The second kappa shape index (κ2) is 12.1. The first-order valence-corrected chi connectivity index (χ1v) is 12.9. The van der Waals surface area contributed by atoms with Crippen LogP contribution in [-0.4, -0.2) is 72.5 Å². The van der Waals surface area contributed by atoms with Crippen LogP contribution in [0, 0.1) is 5.92 Å². The maximum Gasteiger partial charge on any atom is 0.317 e. The first-order valence-electron chi connectivity index (χ1n) is 12.9. The highest BCUT2D eigenvalue weighted by molar-refractivity contribution is 5.81. The summed E-state index contributed by atoms with van der Waals surface area (Å²) in [6.45, 7) is 2.53. The van der Waals surface area contributed by atoms with Crippen LogP contribution < -0.4 is 15.4 Å². The van der Waals surface area contributed by atoms with Crippen molar-refractivity contribution in [3.63, 3.8) is 0 Å². The number of nitrogens with one attached hydrogen (secondary N) is 2. The van der Waals surface area contributed by atoms with Crippen molar-refractivity contribution in [3.05, 3.63) is 30.3 Å². The number of hydrogen-bond donors (Lipinski definition) is 2. The van der Waals surface area contributed by atoms with Crippen LogP contribution in [0.2, 0.25) is 0 Å². The van der Waals surface area contributed by atoms with Crippen molar-refractivity contribution >= 4 is 17.8 Å². The Balaban J connectivity index is 1.12. The molecule has 2 N–H and O–H groups in total. The molecule has 8 nitrogen and oxygen atoms in total. The van der Waals surface area contributed by atoms with Crippen LogP contribution in [0.15, 0.2) is 30.3 Å². The Hall–Kier alpha value is -2.77. The van der Waals surface area contributed by atoms with E-state index in [1.165, 1.54) is 19.3 Å². The molecule has 1 aromatic rings. The summed E-state index contributed by atoms with van der Waals surface area (Å²) in [5.41, 5.74) is 0. The van der Waals surface area contributed by atoms with Gasteiger partial charge in [-0.2, -0.15) is 0 Å². The molecule has 0 unspecified atom stereocenters. The zero-order chi connectivity index (χ0) is 23.8. The molecule has 4 amide bonds. The number of carbonyl (C=O) groups is 3. The predicted octanol–water partition coefficient (Wildman–Crippen LogP) is 2.93. The van der Waals surface area contributed by atoms with Gasteiger partial charge in [0.15, 0.2) is 6.61 Å². The highest BCUT2D eigenvalue weighted by Gasteiger charge is 2.30. The average molecular weight is 471 g/mol. The molecule has 0 aromatic heterocycles. The monoisotopic (exact) mass is 470 g/mol. The molecule has 0 bridgehead atoms. The normalized spacial score (nSPS) is 20.6. The van der Waals surface area contributed by atoms with Crippen molar-refractivity contribution in [2.24, 2.45) is 5.92 Å². The number of nitrogens with zero attached hydrogens (tertiary/aromatic N) is 2. The molecule has 3 aliphatic rings. The Morgan fingerprint density at radius 1 is 0.765 bits per heavy atom. The van der Waals surface area contributed by atoms with Gasteiger partial charge in [-0.05, 0) is 50.7 Å². The highest BCUT2D eigenvalue weighted by Crippen LogP contribution is 2.21. The SMILES string of the molecule is O=C(NC1CCN(C(=O)NC2CCCCC2)CC1)C1CCN(C(=O)COc2ccccc2)CC1. The molecule has 1 aromatic carbocycles. The maximum atomic E-state index is 12.8. The smallest absolute Gasteiger partial charge is 0.317 e. The van der Waals surface area contributed by atoms with Crippen molar-refractivity contribution in [1.82, 2.24) is 20.4 Å². The second-order valence-corrected chi connectivity index (χ2v) is 9.81. The Labute approximate surface area is 202 Å². The van der Waals surface area contributed by atoms with Crippen molar-refractivity contribution < 1.29 is 19.1 Å². The molecule has 1 aliphatic carbocycles. The van der Waals surface area contributed by atoms with Gasteiger partial charge in [0, 0.05) is 44.2 Å². The van der Waals surface area contributed by atoms with E-state index in [0.717, 1.165) is 25.7 Å². The lowest BCUT2D eigenvalue weighted by Gasteiger charge is -2.36. The van der Waals surface area contributed by atoms with Crippen LogP contribution in [0.4, 0.5) is 4.79 Å². The van der Waals surface area contributed by atoms with Crippen molar-refractivity contribution in [2.45, 2.75) is 69.9 Å². The minimum atomic E-state index is -0.0632.